The van der Waals surface area contributed by atoms with Gasteiger partial charge >= 0.3 is 6.18 Å². The Labute approximate surface area is 104 Å². The van der Waals surface area contributed by atoms with Crippen LogP contribution < -0.4 is 4.74 Å². The SMILES string of the molecule is COc1cc(C(C)=O)c(I)cc1C(F)(F)F. The molecule has 0 aromatic heterocycles. The highest BCUT2D eigenvalue weighted by molar-refractivity contribution is 14.1. The Balaban J connectivity index is 3.44. The van der Waals surface area contributed by atoms with Crippen LogP contribution in [0.2, 0.25) is 0 Å². The molecule has 0 amide bonds. The minimum absolute atomic E-state index is 0.227. The first-order valence-corrected chi connectivity index (χ1v) is 5.31. The molecule has 1 rings (SSSR count). The summed E-state index contributed by atoms with van der Waals surface area (Å²) in [5, 5.41) is 0. The molecule has 0 aliphatic heterocycles. The van der Waals surface area contributed by atoms with E-state index in [1.807, 2.05) is 0 Å². The molecule has 0 spiro atoms. The number of carbonyl (C=O) groups excluding carboxylic acids is 1. The predicted octanol–water partition coefficient (Wildman–Crippen LogP) is 3.52. The van der Waals surface area contributed by atoms with E-state index in [9.17, 15) is 18.0 Å². The average Bonchev–Trinajstić information content (AvgIpc) is 2.15. The van der Waals surface area contributed by atoms with E-state index in [4.69, 9.17) is 0 Å². The van der Waals surface area contributed by atoms with Crippen LogP contribution in [0.1, 0.15) is 22.8 Å². The Morgan fingerprint density at radius 3 is 2.31 bits per heavy atom. The minimum Gasteiger partial charge on any atom is -0.496 e. The van der Waals surface area contributed by atoms with Crippen molar-refractivity contribution >= 4 is 28.4 Å². The maximum absolute atomic E-state index is 12.6. The van der Waals surface area contributed by atoms with Crippen LogP contribution in [-0.2, 0) is 6.18 Å². The highest BCUT2D eigenvalue weighted by Crippen LogP contribution is 2.38. The first-order chi connectivity index (χ1) is 7.27. The van der Waals surface area contributed by atoms with Crippen molar-refractivity contribution in [3.8, 4) is 5.75 Å². The zero-order chi connectivity index (χ0) is 12.5. The van der Waals surface area contributed by atoms with Crippen molar-refractivity contribution in [1.29, 1.82) is 0 Å². The second-order valence-corrected chi connectivity index (χ2v) is 4.25. The molecular weight excluding hydrogens is 336 g/mol. The fraction of sp³-hybridized carbons (Fsp3) is 0.300. The zero-order valence-corrected chi connectivity index (χ0v) is 10.6. The molecule has 16 heavy (non-hydrogen) atoms. The van der Waals surface area contributed by atoms with Crippen molar-refractivity contribution < 1.29 is 22.7 Å². The Morgan fingerprint density at radius 1 is 1.38 bits per heavy atom. The number of ether oxygens (including phenoxy) is 1. The highest BCUT2D eigenvalue weighted by Gasteiger charge is 2.35. The Morgan fingerprint density at radius 2 is 1.94 bits per heavy atom. The van der Waals surface area contributed by atoms with Crippen molar-refractivity contribution in [2.75, 3.05) is 7.11 Å². The van der Waals surface area contributed by atoms with Gasteiger partial charge in [0.2, 0.25) is 0 Å². The number of methoxy groups -OCH3 is 1. The fourth-order valence-corrected chi connectivity index (χ4v) is 2.06. The van der Waals surface area contributed by atoms with E-state index in [1.54, 1.807) is 22.6 Å². The van der Waals surface area contributed by atoms with Gasteiger partial charge in [0.1, 0.15) is 5.75 Å². The van der Waals surface area contributed by atoms with Gasteiger partial charge in [-0.15, -0.1) is 0 Å². The van der Waals surface area contributed by atoms with Crippen LogP contribution >= 0.6 is 22.6 Å². The Kier molecular flexibility index (Phi) is 3.82. The molecule has 0 unspecified atom stereocenters. The summed E-state index contributed by atoms with van der Waals surface area (Å²) in [4.78, 5) is 11.2. The molecular formula is C10H8F3IO2. The van der Waals surface area contributed by atoms with Gasteiger partial charge in [0.25, 0.3) is 0 Å². The van der Waals surface area contributed by atoms with Crippen LogP contribution in [0.5, 0.6) is 5.75 Å². The van der Waals surface area contributed by atoms with Crippen molar-refractivity contribution in [2.24, 2.45) is 0 Å². The van der Waals surface area contributed by atoms with Crippen LogP contribution in [0.3, 0.4) is 0 Å². The quantitative estimate of drug-likeness (QED) is 0.606. The Bertz CT molecular complexity index is 427. The predicted molar refractivity (Wildman–Crippen MR) is 60.7 cm³/mol. The summed E-state index contributed by atoms with van der Waals surface area (Å²) < 4.78 is 42.6. The van der Waals surface area contributed by atoms with Crippen LogP contribution in [0.25, 0.3) is 0 Å². The molecule has 0 N–H and O–H groups in total. The van der Waals surface area contributed by atoms with Crippen LogP contribution in [0.15, 0.2) is 12.1 Å². The van der Waals surface area contributed by atoms with Gasteiger partial charge in [-0.1, -0.05) is 0 Å². The third-order valence-electron chi connectivity index (χ3n) is 1.97. The van der Waals surface area contributed by atoms with Gasteiger partial charge in [-0.3, -0.25) is 4.79 Å². The molecule has 0 heterocycles. The second-order valence-electron chi connectivity index (χ2n) is 3.09. The van der Waals surface area contributed by atoms with Gasteiger partial charge in [0.05, 0.1) is 12.7 Å². The molecule has 1 aromatic rings. The molecule has 6 heteroatoms. The largest absolute Gasteiger partial charge is 0.496 e. The lowest BCUT2D eigenvalue weighted by Gasteiger charge is -2.13. The van der Waals surface area contributed by atoms with Gasteiger partial charge in [0, 0.05) is 9.13 Å². The minimum atomic E-state index is -4.49. The number of rotatable bonds is 2. The van der Waals surface area contributed by atoms with E-state index in [2.05, 4.69) is 4.74 Å². The molecule has 2 nitrogen and oxygen atoms in total. The van der Waals surface area contributed by atoms with E-state index < -0.39 is 11.7 Å². The number of halogens is 4. The van der Waals surface area contributed by atoms with E-state index >= 15 is 0 Å². The van der Waals surface area contributed by atoms with Crippen molar-refractivity contribution in [3.63, 3.8) is 0 Å². The van der Waals surface area contributed by atoms with E-state index in [0.717, 1.165) is 19.2 Å². The number of alkyl halides is 3. The summed E-state index contributed by atoms with van der Waals surface area (Å²) in [6, 6.07) is 2.03. The lowest BCUT2D eigenvalue weighted by molar-refractivity contribution is -0.138. The molecule has 0 bridgehead atoms. The molecule has 1 aromatic carbocycles. The molecule has 0 aliphatic rings. The van der Waals surface area contributed by atoms with Crippen LogP contribution in [-0.4, -0.2) is 12.9 Å². The van der Waals surface area contributed by atoms with Crippen LogP contribution in [0.4, 0.5) is 13.2 Å². The first kappa shape index (κ1) is 13.3. The molecule has 0 radical (unpaired) electrons. The van der Waals surface area contributed by atoms with Crippen molar-refractivity contribution in [3.05, 3.63) is 26.8 Å². The number of carbonyl (C=O) groups is 1. The van der Waals surface area contributed by atoms with Gasteiger partial charge in [-0.25, -0.2) is 0 Å². The second kappa shape index (κ2) is 4.60. The summed E-state index contributed by atoms with van der Waals surface area (Å²) in [5.41, 5.74) is -0.644. The number of hydrogen-bond donors (Lipinski definition) is 0. The molecule has 0 atom stereocenters. The van der Waals surface area contributed by atoms with E-state index in [1.165, 1.54) is 6.92 Å². The monoisotopic (exact) mass is 344 g/mol. The molecule has 0 aliphatic carbocycles. The summed E-state index contributed by atoms with van der Waals surface area (Å²) in [6.07, 6.45) is -4.49. The van der Waals surface area contributed by atoms with Gasteiger partial charge in [0.15, 0.2) is 5.78 Å². The number of benzene rings is 1. The highest BCUT2D eigenvalue weighted by atomic mass is 127. The van der Waals surface area contributed by atoms with Crippen molar-refractivity contribution in [2.45, 2.75) is 13.1 Å². The third-order valence-corrected chi connectivity index (χ3v) is 2.87. The van der Waals surface area contributed by atoms with E-state index in [-0.39, 0.29) is 20.7 Å². The maximum atomic E-state index is 12.6. The first-order valence-electron chi connectivity index (χ1n) is 4.23. The summed E-state index contributed by atoms with van der Waals surface area (Å²) in [7, 11) is 1.14. The average molecular weight is 344 g/mol. The summed E-state index contributed by atoms with van der Waals surface area (Å²) in [6.45, 7) is 1.30. The number of ketones is 1. The number of hydrogen-bond acceptors (Lipinski definition) is 2. The maximum Gasteiger partial charge on any atom is 0.419 e. The molecule has 0 fully saturated rings. The Hall–Kier alpha value is -0.790. The lowest BCUT2D eigenvalue weighted by Crippen LogP contribution is -2.10. The van der Waals surface area contributed by atoms with E-state index in [0.29, 0.717) is 0 Å². The zero-order valence-electron chi connectivity index (χ0n) is 8.48. The molecule has 88 valence electrons. The van der Waals surface area contributed by atoms with Crippen molar-refractivity contribution in [1.82, 2.24) is 0 Å². The molecule has 0 saturated heterocycles. The van der Waals surface area contributed by atoms with Crippen LogP contribution in [0, 0.1) is 3.57 Å². The summed E-state index contributed by atoms with van der Waals surface area (Å²) >= 11 is 1.70. The normalized spacial score (nSPS) is 11.4. The number of Topliss-reactive ketones (excluding diaryl/α,β-unsaturated/α-hetero) is 1. The third kappa shape index (κ3) is 2.66. The summed E-state index contributed by atoms with van der Waals surface area (Å²) in [5.74, 6) is -0.630. The van der Waals surface area contributed by atoms with Gasteiger partial charge in [-0.05, 0) is 41.6 Å². The van der Waals surface area contributed by atoms with Gasteiger partial charge < -0.3 is 4.74 Å². The standard InChI is InChI=1S/C10H8F3IO2/c1-5(15)6-3-9(16-2)7(4-8(6)14)10(11,12)13/h3-4H,1-2H3. The lowest BCUT2D eigenvalue weighted by atomic mass is 10.1. The van der Waals surface area contributed by atoms with Gasteiger partial charge in [-0.2, -0.15) is 13.2 Å². The fourth-order valence-electron chi connectivity index (χ4n) is 1.21. The topological polar surface area (TPSA) is 26.3 Å². The smallest absolute Gasteiger partial charge is 0.419 e. The molecule has 0 saturated carbocycles.